The summed E-state index contributed by atoms with van der Waals surface area (Å²) in [7, 11) is 1.50. The standard InChI is InChI=1S/C14H13ClN2O3/c1-19-12-6-8(2-3-11(12)18)14-16-10-4-5-20-7-9(10)13(15)17-14/h2-3,6,18H,4-5,7H2,1H3. The number of hydrogen-bond donors (Lipinski definition) is 1. The third kappa shape index (κ3) is 2.30. The van der Waals surface area contributed by atoms with Crippen LogP contribution in [0.5, 0.6) is 11.5 Å². The highest BCUT2D eigenvalue weighted by molar-refractivity contribution is 6.30. The molecule has 0 saturated carbocycles. The van der Waals surface area contributed by atoms with Crippen molar-refractivity contribution in [3.63, 3.8) is 0 Å². The first-order valence-electron chi connectivity index (χ1n) is 6.19. The van der Waals surface area contributed by atoms with Gasteiger partial charge in [-0.05, 0) is 18.2 Å². The minimum atomic E-state index is 0.0775. The molecule has 2 aromatic rings. The summed E-state index contributed by atoms with van der Waals surface area (Å²) in [5, 5.41) is 10.0. The fourth-order valence-electron chi connectivity index (χ4n) is 2.14. The largest absolute Gasteiger partial charge is 0.504 e. The lowest BCUT2D eigenvalue weighted by molar-refractivity contribution is 0.109. The Morgan fingerprint density at radius 3 is 3.00 bits per heavy atom. The molecule has 1 aliphatic heterocycles. The van der Waals surface area contributed by atoms with Crippen LogP contribution in [0, 0.1) is 0 Å². The molecule has 5 nitrogen and oxygen atoms in total. The number of aromatic hydroxyl groups is 1. The molecular formula is C14H13ClN2O3. The molecule has 6 heteroatoms. The van der Waals surface area contributed by atoms with Crippen LogP contribution in [0.2, 0.25) is 5.15 Å². The molecule has 0 saturated heterocycles. The Morgan fingerprint density at radius 2 is 2.20 bits per heavy atom. The van der Waals surface area contributed by atoms with E-state index in [4.69, 9.17) is 21.1 Å². The van der Waals surface area contributed by atoms with E-state index in [1.54, 1.807) is 18.2 Å². The maximum atomic E-state index is 9.62. The Hall–Kier alpha value is -1.85. The Morgan fingerprint density at radius 1 is 1.35 bits per heavy atom. The van der Waals surface area contributed by atoms with Gasteiger partial charge in [-0.25, -0.2) is 9.97 Å². The molecular weight excluding hydrogens is 280 g/mol. The minimum Gasteiger partial charge on any atom is -0.504 e. The SMILES string of the molecule is COc1cc(-c2nc(Cl)c3c(n2)CCOC3)ccc1O. The Kier molecular flexibility index (Phi) is 3.46. The van der Waals surface area contributed by atoms with Gasteiger partial charge in [-0.3, -0.25) is 0 Å². The second-order valence-electron chi connectivity index (χ2n) is 4.45. The third-order valence-corrected chi connectivity index (χ3v) is 3.52. The van der Waals surface area contributed by atoms with E-state index in [2.05, 4.69) is 9.97 Å². The van der Waals surface area contributed by atoms with Gasteiger partial charge in [-0.1, -0.05) is 11.6 Å². The fourth-order valence-corrected chi connectivity index (χ4v) is 2.38. The summed E-state index contributed by atoms with van der Waals surface area (Å²) in [4.78, 5) is 8.84. The number of ether oxygens (including phenoxy) is 2. The molecule has 0 radical (unpaired) electrons. The van der Waals surface area contributed by atoms with Crippen molar-refractivity contribution in [2.24, 2.45) is 0 Å². The van der Waals surface area contributed by atoms with E-state index in [0.29, 0.717) is 29.9 Å². The van der Waals surface area contributed by atoms with Gasteiger partial charge in [0.25, 0.3) is 0 Å². The van der Waals surface area contributed by atoms with Crippen LogP contribution in [0.4, 0.5) is 0 Å². The summed E-state index contributed by atoms with van der Waals surface area (Å²) in [6, 6.07) is 4.97. The van der Waals surface area contributed by atoms with Gasteiger partial charge in [0.15, 0.2) is 17.3 Å². The van der Waals surface area contributed by atoms with Gasteiger partial charge in [0, 0.05) is 17.5 Å². The summed E-state index contributed by atoms with van der Waals surface area (Å²) in [5.41, 5.74) is 2.52. The summed E-state index contributed by atoms with van der Waals surface area (Å²) < 4.78 is 10.4. The van der Waals surface area contributed by atoms with Crippen LogP contribution in [0.15, 0.2) is 18.2 Å². The predicted octanol–water partition coefficient (Wildman–Crippen LogP) is 2.58. The van der Waals surface area contributed by atoms with Gasteiger partial charge in [0.1, 0.15) is 5.15 Å². The number of phenols is 1. The van der Waals surface area contributed by atoms with Crippen LogP contribution in [0.25, 0.3) is 11.4 Å². The average Bonchev–Trinajstić information content (AvgIpc) is 2.47. The summed E-state index contributed by atoms with van der Waals surface area (Å²) in [6.07, 6.45) is 0.722. The molecule has 0 amide bonds. The van der Waals surface area contributed by atoms with Gasteiger partial charge < -0.3 is 14.6 Å². The second kappa shape index (κ2) is 5.26. The summed E-state index contributed by atoms with van der Waals surface area (Å²) in [6.45, 7) is 1.09. The highest BCUT2D eigenvalue weighted by atomic mass is 35.5. The number of fused-ring (bicyclic) bond motifs is 1. The first-order valence-corrected chi connectivity index (χ1v) is 6.57. The van der Waals surface area contributed by atoms with Crippen LogP contribution >= 0.6 is 11.6 Å². The van der Waals surface area contributed by atoms with E-state index >= 15 is 0 Å². The van der Waals surface area contributed by atoms with Crippen molar-refractivity contribution in [3.05, 3.63) is 34.6 Å². The van der Waals surface area contributed by atoms with E-state index < -0.39 is 0 Å². The lowest BCUT2D eigenvalue weighted by Gasteiger charge is -2.17. The maximum Gasteiger partial charge on any atom is 0.161 e. The molecule has 20 heavy (non-hydrogen) atoms. The lowest BCUT2D eigenvalue weighted by Crippen LogP contribution is -2.14. The number of halogens is 1. The molecule has 0 fully saturated rings. The number of aromatic nitrogens is 2. The van der Waals surface area contributed by atoms with Crippen LogP contribution in [-0.4, -0.2) is 28.8 Å². The van der Waals surface area contributed by atoms with Crippen LogP contribution < -0.4 is 4.74 Å². The van der Waals surface area contributed by atoms with Crippen molar-refractivity contribution < 1.29 is 14.6 Å². The highest BCUT2D eigenvalue weighted by Crippen LogP contribution is 2.32. The zero-order valence-electron chi connectivity index (χ0n) is 10.9. The average molecular weight is 293 g/mol. The molecule has 1 aromatic carbocycles. The van der Waals surface area contributed by atoms with E-state index in [-0.39, 0.29) is 5.75 Å². The third-order valence-electron chi connectivity index (χ3n) is 3.21. The Bertz CT molecular complexity index is 661. The number of phenolic OH excluding ortho intramolecular Hbond substituents is 1. The number of rotatable bonds is 2. The number of benzene rings is 1. The zero-order valence-corrected chi connectivity index (χ0v) is 11.6. The first-order chi connectivity index (χ1) is 9.69. The zero-order chi connectivity index (χ0) is 14.1. The molecule has 2 heterocycles. The van der Waals surface area contributed by atoms with Gasteiger partial charge >= 0.3 is 0 Å². The fraction of sp³-hybridized carbons (Fsp3) is 0.286. The van der Waals surface area contributed by atoms with Crippen molar-refractivity contribution >= 4 is 11.6 Å². The monoisotopic (exact) mass is 292 g/mol. The minimum absolute atomic E-state index is 0.0775. The Labute approximate surface area is 121 Å². The number of methoxy groups -OCH3 is 1. The number of hydrogen-bond acceptors (Lipinski definition) is 5. The van der Waals surface area contributed by atoms with E-state index in [9.17, 15) is 5.11 Å². The molecule has 0 atom stereocenters. The Balaban J connectivity index is 2.08. The van der Waals surface area contributed by atoms with Crippen LogP contribution in [0.1, 0.15) is 11.3 Å². The molecule has 0 unspecified atom stereocenters. The van der Waals surface area contributed by atoms with Crippen LogP contribution in [0.3, 0.4) is 0 Å². The summed E-state index contributed by atoms with van der Waals surface area (Å²) >= 11 is 6.19. The first kappa shape index (κ1) is 13.1. The van der Waals surface area contributed by atoms with Crippen LogP contribution in [-0.2, 0) is 17.8 Å². The molecule has 1 aliphatic rings. The summed E-state index contributed by atoms with van der Waals surface area (Å²) in [5.74, 6) is 0.978. The van der Waals surface area contributed by atoms with Crippen molar-refractivity contribution in [2.75, 3.05) is 13.7 Å². The van der Waals surface area contributed by atoms with Crippen molar-refractivity contribution in [1.29, 1.82) is 0 Å². The maximum absolute atomic E-state index is 9.62. The van der Waals surface area contributed by atoms with Gasteiger partial charge in [0.05, 0.1) is 26.0 Å². The van der Waals surface area contributed by atoms with E-state index in [0.717, 1.165) is 23.2 Å². The van der Waals surface area contributed by atoms with E-state index in [1.165, 1.54) is 7.11 Å². The molecule has 104 valence electrons. The quantitative estimate of drug-likeness (QED) is 0.862. The van der Waals surface area contributed by atoms with E-state index in [1.807, 2.05) is 0 Å². The second-order valence-corrected chi connectivity index (χ2v) is 4.81. The molecule has 3 rings (SSSR count). The molecule has 0 aliphatic carbocycles. The van der Waals surface area contributed by atoms with Crippen molar-refractivity contribution in [2.45, 2.75) is 13.0 Å². The van der Waals surface area contributed by atoms with Gasteiger partial charge in [-0.15, -0.1) is 0 Å². The molecule has 1 aromatic heterocycles. The van der Waals surface area contributed by atoms with Crippen molar-refractivity contribution in [1.82, 2.24) is 9.97 Å². The molecule has 0 bridgehead atoms. The molecule has 1 N–H and O–H groups in total. The smallest absolute Gasteiger partial charge is 0.161 e. The highest BCUT2D eigenvalue weighted by Gasteiger charge is 2.18. The number of nitrogens with zero attached hydrogens (tertiary/aromatic N) is 2. The molecule has 0 spiro atoms. The predicted molar refractivity (Wildman–Crippen MR) is 74.1 cm³/mol. The van der Waals surface area contributed by atoms with Gasteiger partial charge in [-0.2, -0.15) is 0 Å². The van der Waals surface area contributed by atoms with Crippen molar-refractivity contribution in [3.8, 4) is 22.9 Å². The normalized spacial score (nSPS) is 13.9. The lowest BCUT2D eigenvalue weighted by atomic mass is 10.1. The topological polar surface area (TPSA) is 64.5 Å². The van der Waals surface area contributed by atoms with Gasteiger partial charge in [0.2, 0.25) is 0 Å².